The van der Waals surface area contributed by atoms with Gasteiger partial charge in [-0.15, -0.1) is 5.10 Å². The van der Waals surface area contributed by atoms with Crippen LogP contribution in [0, 0.1) is 5.92 Å². The SMILES string of the molecule is CCN1CCC2(C1)C(C)CN2C(=O)n1cnc(Cl)n1. The fourth-order valence-electron chi connectivity index (χ4n) is 3.30. The number of rotatable bonds is 1. The van der Waals surface area contributed by atoms with E-state index in [-0.39, 0.29) is 16.9 Å². The van der Waals surface area contributed by atoms with Crippen LogP contribution in [-0.2, 0) is 0 Å². The molecule has 3 heterocycles. The Hall–Kier alpha value is -1.14. The second-order valence-electron chi connectivity index (χ2n) is 5.47. The highest BCUT2D eigenvalue weighted by molar-refractivity contribution is 6.28. The maximum absolute atomic E-state index is 12.5. The molecular formula is C12H18ClN5O. The van der Waals surface area contributed by atoms with E-state index in [0.717, 1.165) is 32.6 Å². The van der Waals surface area contributed by atoms with Gasteiger partial charge in [0.15, 0.2) is 0 Å². The number of amides is 1. The molecule has 0 bridgehead atoms. The molecule has 2 unspecified atom stereocenters. The van der Waals surface area contributed by atoms with Gasteiger partial charge >= 0.3 is 6.03 Å². The molecule has 2 saturated heterocycles. The average molecular weight is 284 g/mol. The third-order valence-corrected chi connectivity index (χ3v) is 4.78. The molecular weight excluding hydrogens is 266 g/mol. The molecule has 0 aromatic carbocycles. The molecule has 0 aliphatic carbocycles. The van der Waals surface area contributed by atoms with E-state index in [4.69, 9.17) is 11.6 Å². The van der Waals surface area contributed by atoms with Gasteiger partial charge in [-0.05, 0) is 30.5 Å². The highest BCUT2D eigenvalue weighted by atomic mass is 35.5. The lowest BCUT2D eigenvalue weighted by Gasteiger charge is -2.55. The van der Waals surface area contributed by atoms with E-state index >= 15 is 0 Å². The average Bonchev–Trinajstić information content (AvgIpc) is 3.02. The summed E-state index contributed by atoms with van der Waals surface area (Å²) < 4.78 is 1.24. The molecule has 19 heavy (non-hydrogen) atoms. The van der Waals surface area contributed by atoms with Crippen LogP contribution >= 0.6 is 11.6 Å². The molecule has 2 atom stereocenters. The molecule has 2 fully saturated rings. The minimum absolute atomic E-state index is 0.0223. The largest absolute Gasteiger partial charge is 0.346 e. The van der Waals surface area contributed by atoms with Crippen LogP contribution in [0.15, 0.2) is 6.33 Å². The number of hydrogen-bond donors (Lipinski definition) is 0. The third-order valence-electron chi connectivity index (χ3n) is 4.61. The third kappa shape index (κ3) is 1.85. The van der Waals surface area contributed by atoms with Crippen molar-refractivity contribution < 1.29 is 4.79 Å². The van der Waals surface area contributed by atoms with Crippen LogP contribution < -0.4 is 0 Å². The van der Waals surface area contributed by atoms with Gasteiger partial charge in [-0.25, -0.2) is 9.78 Å². The summed E-state index contributed by atoms with van der Waals surface area (Å²) in [4.78, 5) is 20.6. The summed E-state index contributed by atoms with van der Waals surface area (Å²) in [6.07, 6.45) is 2.42. The Balaban J connectivity index is 1.80. The van der Waals surface area contributed by atoms with Gasteiger partial charge < -0.3 is 9.80 Å². The summed E-state index contributed by atoms with van der Waals surface area (Å²) in [5.41, 5.74) is -0.0223. The Labute approximate surface area is 117 Å². The zero-order valence-corrected chi connectivity index (χ0v) is 12.0. The van der Waals surface area contributed by atoms with Crippen LogP contribution in [0.5, 0.6) is 0 Å². The van der Waals surface area contributed by atoms with Crippen molar-refractivity contribution in [2.45, 2.75) is 25.8 Å². The van der Waals surface area contributed by atoms with E-state index in [1.54, 1.807) is 0 Å². The highest BCUT2D eigenvalue weighted by Crippen LogP contribution is 2.43. The van der Waals surface area contributed by atoms with E-state index in [0.29, 0.717) is 5.92 Å². The number of aromatic nitrogens is 3. The number of likely N-dealkylation sites (tertiary alicyclic amines) is 2. The molecule has 104 valence electrons. The van der Waals surface area contributed by atoms with Crippen molar-refractivity contribution in [3.8, 4) is 0 Å². The minimum atomic E-state index is -0.115. The van der Waals surface area contributed by atoms with Gasteiger partial charge in [-0.1, -0.05) is 13.8 Å². The Kier molecular flexibility index (Phi) is 3.02. The standard InChI is InChI=1S/C12H18ClN5O/c1-3-16-5-4-12(7-16)9(2)6-17(12)11(19)18-8-14-10(13)15-18/h8-9H,3-7H2,1-2H3. The summed E-state index contributed by atoms with van der Waals surface area (Å²) in [6, 6.07) is -0.115. The maximum Gasteiger partial charge on any atom is 0.346 e. The predicted octanol–water partition coefficient (Wildman–Crippen LogP) is 1.32. The van der Waals surface area contributed by atoms with Gasteiger partial charge in [0.1, 0.15) is 6.33 Å². The fourth-order valence-corrected chi connectivity index (χ4v) is 3.42. The van der Waals surface area contributed by atoms with Crippen molar-refractivity contribution in [1.82, 2.24) is 24.6 Å². The summed E-state index contributed by atoms with van der Waals surface area (Å²) in [5, 5.41) is 4.01. The number of hydrogen-bond acceptors (Lipinski definition) is 4. The summed E-state index contributed by atoms with van der Waals surface area (Å²) in [5.74, 6) is 0.534. The molecule has 1 aromatic heterocycles. The predicted molar refractivity (Wildman–Crippen MR) is 71.2 cm³/mol. The smallest absolute Gasteiger partial charge is 0.315 e. The first kappa shape index (κ1) is 12.9. The van der Waals surface area contributed by atoms with Crippen molar-refractivity contribution in [3.63, 3.8) is 0 Å². The van der Waals surface area contributed by atoms with Crippen molar-refractivity contribution in [1.29, 1.82) is 0 Å². The Bertz CT molecular complexity index is 504. The van der Waals surface area contributed by atoms with Crippen molar-refractivity contribution in [2.24, 2.45) is 5.92 Å². The van der Waals surface area contributed by atoms with Crippen LogP contribution in [0.1, 0.15) is 20.3 Å². The highest BCUT2D eigenvalue weighted by Gasteiger charge is 2.56. The molecule has 6 nitrogen and oxygen atoms in total. The zero-order valence-electron chi connectivity index (χ0n) is 11.2. The zero-order chi connectivity index (χ0) is 13.6. The number of carbonyl (C=O) groups excluding carboxylic acids is 1. The fraction of sp³-hybridized carbons (Fsp3) is 0.750. The maximum atomic E-state index is 12.5. The van der Waals surface area contributed by atoms with Gasteiger partial charge in [0, 0.05) is 19.6 Å². The first-order chi connectivity index (χ1) is 9.06. The molecule has 2 aliphatic rings. The van der Waals surface area contributed by atoms with E-state index in [1.165, 1.54) is 11.0 Å². The van der Waals surface area contributed by atoms with Gasteiger partial charge in [0.05, 0.1) is 5.54 Å². The lowest BCUT2D eigenvalue weighted by Crippen LogP contribution is -2.69. The van der Waals surface area contributed by atoms with E-state index in [1.807, 2.05) is 4.90 Å². The Morgan fingerprint density at radius 3 is 2.95 bits per heavy atom. The lowest BCUT2D eigenvalue weighted by atomic mass is 9.74. The topological polar surface area (TPSA) is 54.3 Å². The van der Waals surface area contributed by atoms with Gasteiger partial charge in [0.2, 0.25) is 5.28 Å². The van der Waals surface area contributed by atoms with E-state index in [9.17, 15) is 4.79 Å². The first-order valence-electron chi connectivity index (χ1n) is 6.68. The molecule has 1 amide bonds. The van der Waals surface area contributed by atoms with Crippen LogP contribution in [0.2, 0.25) is 5.28 Å². The molecule has 2 aliphatic heterocycles. The van der Waals surface area contributed by atoms with E-state index < -0.39 is 0 Å². The van der Waals surface area contributed by atoms with Crippen LogP contribution in [0.25, 0.3) is 0 Å². The second-order valence-corrected chi connectivity index (χ2v) is 5.81. The molecule has 0 radical (unpaired) electrons. The van der Waals surface area contributed by atoms with E-state index in [2.05, 4.69) is 28.8 Å². The van der Waals surface area contributed by atoms with Crippen molar-refractivity contribution >= 4 is 17.6 Å². The molecule has 1 spiro atoms. The van der Waals surface area contributed by atoms with Crippen molar-refractivity contribution in [2.75, 3.05) is 26.2 Å². The van der Waals surface area contributed by atoms with Crippen molar-refractivity contribution in [3.05, 3.63) is 11.6 Å². The lowest BCUT2D eigenvalue weighted by molar-refractivity contribution is -0.0283. The molecule has 7 heteroatoms. The summed E-state index contributed by atoms with van der Waals surface area (Å²) in [7, 11) is 0. The first-order valence-corrected chi connectivity index (χ1v) is 7.06. The monoisotopic (exact) mass is 283 g/mol. The Morgan fingerprint density at radius 1 is 1.63 bits per heavy atom. The Morgan fingerprint density at radius 2 is 2.42 bits per heavy atom. The molecule has 0 saturated carbocycles. The van der Waals surface area contributed by atoms with Crippen LogP contribution in [-0.4, -0.2) is 62.3 Å². The number of likely N-dealkylation sites (N-methyl/N-ethyl adjacent to an activating group) is 1. The van der Waals surface area contributed by atoms with Gasteiger partial charge in [-0.3, -0.25) is 0 Å². The normalized spacial score (nSPS) is 30.9. The number of carbonyl (C=O) groups is 1. The minimum Gasteiger partial charge on any atom is -0.315 e. The molecule has 3 rings (SSSR count). The van der Waals surface area contributed by atoms with Crippen LogP contribution in [0.3, 0.4) is 0 Å². The van der Waals surface area contributed by atoms with Gasteiger partial charge in [-0.2, -0.15) is 4.68 Å². The number of nitrogens with zero attached hydrogens (tertiary/aromatic N) is 5. The van der Waals surface area contributed by atoms with Gasteiger partial charge in [0.25, 0.3) is 0 Å². The summed E-state index contributed by atoms with van der Waals surface area (Å²) >= 11 is 5.67. The quantitative estimate of drug-likeness (QED) is 0.780. The second kappa shape index (κ2) is 4.45. The number of halogens is 1. The van der Waals surface area contributed by atoms with Crippen LogP contribution in [0.4, 0.5) is 4.79 Å². The molecule has 1 aromatic rings. The summed E-state index contributed by atoms with van der Waals surface area (Å²) in [6.45, 7) is 8.21. The molecule has 0 N–H and O–H groups in total.